The molecule has 1 atom stereocenters. The van der Waals surface area contributed by atoms with E-state index in [1.807, 2.05) is 6.92 Å². The molecule has 0 aromatic heterocycles. The van der Waals surface area contributed by atoms with Crippen LogP contribution >= 0.6 is 0 Å². The van der Waals surface area contributed by atoms with Crippen LogP contribution in [0.3, 0.4) is 0 Å². The van der Waals surface area contributed by atoms with Gasteiger partial charge in [0.25, 0.3) is 0 Å². The molecule has 1 aliphatic rings. The Balaban J connectivity index is 2.27. The van der Waals surface area contributed by atoms with Crippen LogP contribution in [0.4, 0.5) is 0 Å². The second-order valence-electron chi connectivity index (χ2n) is 5.22. The van der Waals surface area contributed by atoms with Crippen molar-refractivity contribution in [3.63, 3.8) is 0 Å². The summed E-state index contributed by atoms with van der Waals surface area (Å²) in [5.74, 6) is 0.174. The van der Waals surface area contributed by atoms with E-state index in [0.29, 0.717) is 19.8 Å². The summed E-state index contributed by atoms with van der Waals surface area (Å²) in [7, 11) is 0. The number of rotatable bonds is 8. The summed E-state index contributed by atoms with van der Waals surface area (Å²) in [6.45, 7) is 11.3. The first-order chi connectivity index (χ1) is 8.60. The zero-order valence-electron chi connectivity index (χ0n) is 11.7. The zero-order valence-corrected chi connectivity index (χ0v) is 11.7. The number of nitrogens with one attached hydrogen (secondary N) is 2. The monoisotopic (exact) mass is 254 g/mol. The van der Waals surface area contributed by atoms with Gasteiger partial charge in [0.15, 0.2) is 0 Å². The fourth-order valence-corrected chi connectivity index (χ4v) is 2.41. The van der Waals surface area contributed by atoms with Gasteiger partial charge < -0.3 is 15.4 Å². The molecule has 0 radical (unpaired) electrons. The van der Waals surface area contributed by atoms with Crippen LogP contribution < -0.4 is 10.6 Å². The smallest absolute Gasteiger partial charge is 0.227 e. The van der Waals surface area contributed by atoms with Crippen LogP contribution in [-0.4, -0.2) is 38.8 Å². The summed E-state index contributed by atoms with van der Waals surface area (Å²) >= 11 is 0. The van der Waals surface area contributed by atoms with Crippen molar-refractivity contribution in [1.29, 1.82) is 0 Å². The van der Waals surface area contributed by atoms with Gasteiger partial charge in [0.05, 0.1) is 18.6 Å². The lowest BCUT2D eigenvalue weighted by Gasteiger charge is -2.26. The van der Waals surface area contributed by atoms with Gasteiger partial charge in [-0.2, -0.15) is 0 Å². The van der Waals surface area contributed by atoms with Gasteiger partial charge in [-0.25, -0.2) is 0 Å². The molecule has 0 aromatic carbocycles. The predicted octanol–water partition coefficient (Wildman–Crippen LogP) is 1.48. The minimum absolute atomic E-state index is 0.174. The molecule has 104 valence electrons. The highest BCUT2D eigenvalue weighted by Gasteiger charge is 2.39. The van der Waals surface area contributed by atoms with Crippen LogP contribution in [-0.2, 0) is 9.53 Å². The second kappa shape index (κ2) is 7.54. The summed E-state index contributed by atoms with van der Waals surface area (Å²) in [4.78, 5) is 12.2. The lowest BCUT2D eigenvalue weighted by atomic mass is 9.81. The van der Waals surface area contributed by atoms with E-state index in [1.54, 1.807) is 0 Å². The van der Waals surface area contributed by atoms with Crippen LogP contribution in [0, 0.1) is 5.41 Å². The number of carbonyl (C=O) groups is 1. The van der Waals surface area contributed by atoms with Gasteiger partial charge in [-0.05, 0) is 26.3 Å². The van der Waals surface area contributed by atoms with Crippen molar-refractivity contribution in [3.05, 3.63) is 12.2 Å². The Hall–Kier alpha value is -0.870. The van der Waals surface area contributed by atoms with Crippen LogP contribution in [0.25, 0.3) is 0 Å². The van der Waals surface area contributed by atoms with E-state index in [4.69, 9.17) is 4.74 Å². The van der Waals surface area contributed by atoms with Crippen molar-refractivity contribution < 1.29 is 9.53 Å². The normalized spacial score (nSPS) is 23.0. The standard InChI is InChI=1S/C14H26N2O2/c1-4-5-14(6-7-15-11-14)13(17)16-8-9-18-10-12(2)3/h15H,2,4-11H2,1,3H3,(H,16,17). The maximum Gasteiger partial charge on any atom is 0.227 e. The van der Waals surface area contributed by atoms with Crippen molar-refractivity contribution in [2.45, 2.75) is 33.1 Å². The molecule has 1 rings (SSSR count). The summed E-state index contributed by atoms with van der Waals surface area (Å²) < 4.78 is 5.37. The first kappa shape index (κ1) is 15.2. The highest BCUT2D eigenvalue weighted by Crippen LogP contribution is 2.31. The van der Waals surface area contributed by atoms with E-state index < -0.39 is 0 Å². The topological polar surface area (TPSA) is 50.4 Å². The molecule has 4 nitrogen and oxygen atoms in total. The Bertz CT molecular complexity index is 284. The molecule has 4 heteroatoms. The van der Waals surface area contributed by atoms with Crippen LogP contribution in [0.1, 0.15) is 33.1 Å². The van der Waals surface area contributed by atoms with Crippen molar-refractivity contribution in [2.24, 2.45) is 5.41 Å². The summed E-state index contributed by atoms with van der Waals surface area (Å²) in [6, 6.07) is 0. The first-order valence-electron chi connectivity index (χ1n) is 6.82. The van der Waals surface area contributed by atoms with E-state index in [0.717, 1.165) is 37.9 Å². The fourth-order valence-electron chi connectivity index (χ4n) is 2.41. The van der Waals surface area contributed by atoms with Crippen molar-refractivity contribution in [2.75, 3.05) is 32.8 Å². The molecule has 1 heterocycles. The van der Waals surface area contributed by atoms with E-state index in [2.05, 4.69) is 24.1 Å². The SMILES string of the molecule is C=C(C)COCCNC(=O)C1(CCC)CCNC1. The van der Waals surface area contributed by atoms with Gasteiger partial charge in [0.2, 0.25) is 5.91 Å². The third kappa shape index (κ3) is 4.42. The average molecular weight is 254 g/mol. The quantitative estimate of drug-likeness (QED) is 0.509. The Morgan fingerprint density at radius 2 is 2.33 bits per heavy atom. The van der Waals surface area contributed by atoms with Gasteiger partial charge in [0, 0.05) is 13.1 Å². The van der Waals surface area contributed by atoms with Gasteiger partial charge in [-0.15, -0.1) is 0 Å². The number of hydrogen-bond donors (Lipinski definition) is 2. The molecule has 1 fully saturated rings. The first-order valence-corrected chi connectivity index (χ1v) is 6.82. The Kier molecular flexibility index (Phi) is 6.36. The molecule has 0 aliphatic carbocycles. The molecule has 0 saturated carbocycles. The number of carbonyl (C=O) groups excluding carboxylic acids is 1. The van der Waals surface area contributed by atoms with E-state index in [9.17, 15) is 4.79 Å². The van der Waals surface area contributed by atoms with Gasteiger partial charge in [-0.3, -0.25) is 4.79 Å². The largest absolute Gasteiger partial charge is 0.375 e. The zero-order chi connectivity index (χ0) is 13.4. The number of hydrogen-bond acceptors (Lipinski definition) is 3. The maximum atomic E-state index is 12.2. The minimum Gasteiger partial charge on any atom is -0.375 e. The summed E-state index contributed by atoms with van der Waals surface area (Å²) in [6.07, 6.45) is 2.94. The molecule has 18 heavy (non-hydrogen) atoms. The van der Waals surface area contributed by atoms with Crippen LogP contribution in [0.2, 0.25) is 0 Å². The predicted molar refractivity (Wildman–Crippen MR) is 73.5 cm³/mol. The minimum atomic E-state index is -0.191. The van der Waals surface area contributed by atoms with Gasteiger partial charge in [-0.1, -0.05) is 25.5 Å². The molecule has 2 N–H and O–H groups in total. The molecule has 1 aliphatic heterocycles. The number of amides is 1. The molecule has 0 aromatic rings. The summed E-state index contributed by atoms with van der Waals surface area (Å²) in [5, 5.41) is 6.28. The Labute approximate surface area is 110 Å². The van der Waals surface area contributed by atoms with Crippen LogP contribution in [0.15, 0.2) is 12.2 Å². The van der Waals surface area contributed by atoms with Gasteiger partial charge in [0.1, 0.15) is 0 Å². The average Bonchev–Trinajstić information content (AvgIpc) is 2.78. The maximum absolute atomic E-state index is 12.2. The van der Waals surface area contributed by atoms with Crippen molar-refractivity contribution in [3.8, 4) is 0 Å². The molecule has 1 unspecified atom stereocenters. The Morgan fingerprint density at radius 3 is 2.89 bits per heavy atom. The van der Waals surface area contributed by atoms with Crippen molar-refractivity contribution >= 4 is 5.91 Å². The lowest BCUT2D eigenvalue weighted by molar-refractivity contribution is -0.130. The molecular formula is C14H26N2O2. The fraction of sp³-hybridized carbons (Fsp3) is 0.786. The lowest BCUT2D eigenvalue weighted by Crippen LogP contribution is -2.43. The highest BCUT2D eigenvalue weighted by molar-refractivity contribution is 5.83. The van der Waals surface area contributed by atoms with E-state index in [1.165, 1.54) is 0 Å². The van der Waals surface area contributed by atoms with E-state index in [-0.39, 0.29) is 11.3 Å². The molecule has 1 saturated heterocycles. The highest BCUT2D eigenvalue weighted by atomic mass is 16.5. The molecule has 0 spiro atoms. The van der Waals surface area contributed by atoms with Gasteiger partial charge >= 0.3 is 0 Å². The third-order valence-electron chi connectivity index (χ3n) is 3.33. The Morgan fingerprint density at radius 1 is 1.56 bits per heavy atom. The summed E-state index contributed by atoms with van der Waals surface area (Å²) in [5.41, 5.74) is 0.812. The van der Waals surface area contributed by atoms with Crippen LogP contribution in [0.5, 0.6) is 0 Å². The van der Waals surface area contributed by atoms with Crippen molar-refractivity contribution in [1.82, 2.24) is 10.6 Å². The third-order valence-corrected chi connectivity index (χ3v) is 3.33. The molecular weight excluding hydrogens is 228 g/mol. The molecule has 1 amide bonds. The second-order valence-corrected chi connectivity index (χ2v) is 5.22. The molecule has 0 bridgehead atoms. The number of ether oxygens (including phenoxy) is 1. The van der Waals surface area contributed by atoms with E-state index >= 15 is 0 Å².